The van der Waals surface area contributed by atoms with Gasteiger partial charge in [-0.25, -0.2) is 18.7 Å². The summed E-state index contributed by atoms with van der Waals surface area (Å²) in [6.07, 6.45) is 2.83. The van der Waals surface area contributed by atoms with Crippen LogP contribution in [0, 0.1) is 25.6 Å². The summed E-state index contributed by atoms with van der Waals surface area (Å²) in [4.78, 5) is 54.2. The van der Waals surface area contributed by atoms with Gasteiger partial charge in [-0.3, -0.25) is 19.1 Å². The summed E-state index contributed by atoms with van der Waals surface area (Å²) >= 11 is 0. The lowest BCUT2D eigenvalue weighted by Crippen LogP contribution is -2.50. The minimum Gasteiger partial charge on any atom is -0.381 e. The van der Waals surface area contributed by atoms with E-state index in [9.17, 15) is 14.0 Å². The smallest absolute Gasteiger partial charge is 0.381 e. The van der Waals surface area contributed by atoms with E-state index in [1.807, 2.05) is 36.1 Å². The Balaban J connectivity index is 1.07. The van der Waals surface area contributed by atoms with E-state index in [0.29, 0.717) is 83.9 Å². The van der Waals surface area contributed by atoms with Crippen molar-refractivity contribution in [3.05, 3.63) is 138 Å². The maximum atomic E-state index is 15.2. The lowest BCUT2D eigenvalue weighted by Gasteiger charge is -2.42. The van der Waals surface area contributed by atoms with Crippen molar-refractivity contribution in [2.75, 3.05) is 37.7 Å². The molecule has 1 N–H and O–H groups in total. The molecule has 1 saturated carbocycles. The summed E-state index contributed by atoms with van der Waals surface area (Å²) in [6, 6.07) is 21.6. The van der Waals surface area contributed by atoms with Crippen LogP contribution in [0.2, 0.25) is 0 Å². The van der Waals surface area contributed by atoms with Crippen LogP contribution in [0.3, 0.4) is 0 Å². The first-order valence-corrected chi connectivity index (χ1v) is 20.4. The van der Waals surface area contributed by atoms with E-state index in [0.717, 1.165) is 37.0 Å². The van der Waals surface area contributed by atoms with Gasteiger partial charge in [0.05, 0.1) is 17.4 Å². The number of aromatic amines is 1. The van der Waals surface area contributed by atoms with Crippen molar-refractivity contribution < 1.29 is 18.4 Å². The quantitative estimate of drug-likeness (QED) is 0.190. The van der Waals surface area contributed by atoms with Crippen LogP contribution in [0.4, 0.5) is 10.3 Å². The number of fused-ring (bicyclic) bond motifs is 2. The first-order valence-electron chi connectivity index (χ1n) is 20.4. The van der Waals surface area contributed by atoms with E-state index in [4.69, 9.17) is 14.2 Å². The van der Waals surface area contributed by atoms with Crippen molar-refractivity contribution in [1.82, 2.24) is 29.2 Å². The Morgan fingerprint density at radius 1 is 0.931 bits per heavy atom. The van der Waals surface area contributed by atoms with Crippen LogP contribution >= 0.6 is 0 Å². The third-order valence-electron chi connectivity index (χ3n) is 13.3. The second-order valence-corrected chi connectivity index (χ2v) is 16.8. The number of nitrogens with one attached hydrogen (secondary N) is 1. The third-order valence-corrected chi connectivity index (χ3v) is 13.3. The van der Waals surface area contributed by atoms with Gasteiger partial charge in [-0.2, -0.15) is 0 Å². The molecular weight excluding hydrogens is 738 g/mol. The maximum Gasteiger partial charge on any atom is 0.438 e. The summed E-state index contributed by atoms with van der Waals surface area (Å²) in [7, 11) is 0. The molecule has 58 heavy (non-hydrogen) atoms. The number of hydrogen-bond donors (Lipinski definition) is 1. The van der Waals surface area contributed by atoms with Gasteiger partial charge in [-0.1, -0.05) is 48.5 Å². The van der Waals surface area contributed by atoms with E-state index < -0.39 is 17.3 Å². The third kappa shape index (κ3) is 5.68. The van der Waals surface area contributed by atoms with Crippen LogP contribution in [0.5, 0.6) is 0 Å². The Kier molecular flexibility index (Phi) is 8.59. The molecule has 6 heterocycles. The number of anilines is 1. The SMILES string of the molecule is Cc1cc(-n2c(N3CC(c4ccccc4)C3)nc3c(c2=O)CCN(C(=O)c2cc4cc(C5CCOCC5)ccc4n2[C@@]2(c4noc(=O)[nH]4)C[C@@H]2C)[C@@H]3C)cc(C)c1F. The number of rotatable bonds is 7. The van der Waals surface area contributed by atoms with E-state index >= 15 is 4.79 Å². The van der Waals surface area contributed by atoms with Crippen LogP contribution < -0.4 is 16.2 Å². The fourth-order valence-corrected chi connectivity index (χ4v) is 9.89. The molecule has 3 aromatic heterocycles. The first kappa shape index (κ1) is 36.5. The number of aryl methyl sites for hydroxylation is 2. The van der Waals surface area contributed by atoms with Crippen molar-refractivity contribution >= 4 is 22.8 Å². The molecule has 0 bridgehead atoms. The van der Waals surface area contributed by atoms with Crippen LogP contribution in [-0.2, 0) is 16.7 Å². The lowest BCUT2D eigenvalue weighted by atomic mass is 9.91. The summed E-state index contributed by atoms with van der Waals surface area (Å²) in [6.45, 7) is 10.5. The molecule has 3 fully saturated rings. The number of halogens is 1. The number of nitrogens with zero attached hydrogens (tertiary/aromatic N) is 6. The van der Waals surface area contributed by atoms with Crippen molar-refractivity contribution in [1.29, 1.82) is 0 Å². The fourth-order valence-electron chi connectivity index (χ4n) is 9.89. The molecule has 0 spiro atoms. The highest BCUT2D eigenvalue weighted by atomic mass is 19.1. The molecule has 3 atom stereocenters. The molecule has 4 aliphatic rings. The van der Waals surface area contributed by atoms with Gasteiger partial charge in [0.2, 0.25) is 5.95 Å². The number of H-pyrrole nitrogens is 1. The van der Waals surface area contributed by atoms with Crippen molar-refractivity contribution in [3.63, 3.8) is 0 Å². The molecule has 1 aliphatic carbocycles. The van der Waals surface area contributed by atoms with Crippen LogP contribution in [0.1, 0.15) is 101 Å². The van der Waals surface area contributed by atoms with Gasteiger partial charge in [0.1, 0.15) is 17.1 Å². The molecule has 10 rings (SSSR count). The normalized spacial score (nSPS) is 22.3. The molecule has 0 unspecified atom stereocenters. The zero-order valence-corrected chi connectivity index (χ0v) is 33.1. The van der Waals surface area contributed by atoms with Crippen molar-refractivity contribution in [3.8, 4) is 5.69 Å². The summed E-state index contributed by atoms with van der Waals surface area (Å²) in [5, 5.41) is 5.09. The Labute approximate surface area is 334 Å². The number of benzene rings is 3. The van der Waals surface area contributed by atoms with E-state index in [-0.39, 0.29) is 29.1 Å². The molecule has 298 valence electrons. The predicted octanol–water partition coefficient (Wildman–Crippen LogP) is 6.66. The standard InChI is InChI=1S/C45H46FN7O5/c1-25-18-34(19-26(2)38(25)46)52-40(54)35-12-15-51(28(4)39(35)47-43(52)50-23-33(24-50)29-8-6-5-7-9-29)41(55)37-21-32-20-31(30-13-16-57-17-14-30)10-11-36(32)53(37)45(22-27(45)3)42-48-44(56)58-49-42/h5-11,18-21,27-28,30,33H,12-17,22-24H2,1-4H3,(H,48,49,56)/t27-,28+,45-/m0/s1. The average molecular weight is 784 g/mol. The summed E-state index contributed by atoms with van der Waals surface area (Å²) in [5.74, 6) is 0.425. The van der Waals surface area contributed by atoms with E-state index in [2.05, 4.69) is 56.9 Å². The average Bonchev–Trinajstić information content (AvgIpc) is 3.48. The monoisotopic (exact) mass is 783 g/mol. The number of carbonyl (C=O) groups excluding carboxylic acids is 1. The second-order valence-electron chi connectivity index (χ2n) is 16.8. The molecule has 2 saturated heterocycles. The zero-order chi connectivity index (χ0) is 40.0. The Hall–Kier alpha value is -5.82. The summed E-state index contributed by atoms with van der Waals surface area (Å²) in [5.41, 5.74) is 5.37. The molecular formula is C45H46FN7O5. The van der Waals surface area contributed by atoms with Crippen molar-refractivity contribution in [2.45, 2.75) is 76.8 Å². The highest BCUT2D eigenvalue weighted by Gasteiger charge is 2.59. The number of ether oxygens (including phenoxy) is 1. The van der Waals surface area contributed by atoms with Crippen molar-refractivity contribution in [2.24, 2.45) is 5.92 Å². The molecule has 1 amide bonds. The largest absolute Gasteiger partial charge is 0.438 e. The van der Waals surface area contributed by atoms with Gasteiger partial charge in [0, 0.05) is 55.2 Å². The van der Waals surface area contributed by atoms with Crippen LogP contribution in [0.15, 0.2) is 80.8 Å². The highest BCUT2D eigenvalue weighted by Crippen LogP contribution is 2.56. The molecule has 0 radical (unpaired) electrons. The minimum atomic E-state index is -0.784. The minimum absolute atomic E-state index is 0.0581. The lowest BCUT2D eigenvalue weighted by molar-refractivity contribution is 0.0658. The zero-order valence-electron chi connectivity index (χ0n) is 33.1. The van der Waals surface area contributed by atoms with E-state index in [1.165, 1.54) is 11.1 Å². The van der Waals surface area contributed by atoms with Gasteiger partial charge in [0.25, 0.3) is 11.5 Å². The Bertz CT molecular complexity index is 2700. The molecule has 13 heteroatoms. The number of carbonyl (C=O) groups is 1. The van der Waals surface area contributed by atoms with Gasteiger partial charge >= 0.3 is 5.76 Å². The van der Waals surface area contributed by atoms with Gasteiger partial charge in [0.15, 0.2) is 5.82 Å². The molecule has 6 aromatic rings. The highest BCUT2D eigenvalue weighted by molar-refractivity contribution is 6.00. The second kappa shape index (κ2) is 13.6. The van der Waals surface area contributed by atoms with Gasteiger partial charge < -0.3 is 19.1 Å². The maximum absolute atomic E-state index is 15.2. The summed E-state index contributed by atoms with van der Waals surface area (Å²) < 4.78 is 29.3. The molecule has 3 aliphatic heterocycles. The fraction of sp³-hybridized carbons (Fsp3) is 0.400. The van der Waals surface area contributed by atoms with Gasteiger partial charge in [-0.15, -0.1) is 0 Å². The number of aromatic nitrogens is 5. The topological polar surface area (TPSA) is 131 Å². The number of hydrogen-bond acceptors (Lipinski definition) is 8. The van der Waals surface area contributed by atoms with Crippen LogP contribution in [-0.4, -0.2) is 67.9 Å². The molecule has 12 nitrogen and oxygen atoms in total. The van der Waals surface area contributed by atoms with E-state index in [1.54, 1.807) is 30.5 Å². The molecule has 3 aromatic carbocycles. The Morgan fingerprint density at radius 2 is 1.66 bits per heavy atom. The first-order chi connectivity index (χ1) is 28.0. The Morgan fingerprint density at radius 3 is 2.33 bits per heavy atom. The predicted molar refractivity (Wildman–Crippen MR) is 217 cm³/mol. The van der Waals surface area contributed by atoms with Gasteiger partial charge in [-0.05, 0) is 111 Å². The number of amides is 1. The van der Waals surface area contributed by atoms with Crippen LogP contribution in [0.25, 0.3) is 16.6 Å².